The van der Waals surface area contributed by atoms with E-state index in [9.17, 15) is 9.59 Å². The highest BCUT2D eigenvalue weighted by Gasteiger charge is 2.17. The Morgan fingerprint density at radius 1 is 1.16 bits per heavy atom. The van der Waals surface area contributed by atoms with Crippen molar-refractivity contribution in [1.29, 1.82) is 0 Å². The van der Waals surface area contributed by atoms with Gasteiger partial charge in [0, 0.05) is 20.6 Å². The molecule has 0 N–H and O–H groups in total. The molecule has 2 rings (SSSR count). The Morgan fingerprint density at radius 3 is 2.47 bits per heavy atom. The zero-order valence-electron chi connectivity index (χ0n) is 11.3. The minimum atomic E-state index is -0.354. The van der Waals surface area contributed by atoms with Crippen molar-refractivity contribution in [1.82, 2.24) is 18.7 Å². The largest absolute Gasteiger partial charge is 0.332 e. The normalized spacial score (nSPS) is 11.4. The molecule has 0 radical (unpaired) electrons. The highest BCUT2D eigenvalue weighted by Crippen LogP contribution is 2.17. The Bertz CT molecular complexity index is 726. The summed E-state index contributed by atoms with van der Waals surface area (Å²) >= 11 is 3.37. The van der Waals surface area contributed by atoms with Crippen molar-refractivity contribution in [2.24, 2.45) is 14.1 Å². The number of halogens is 1. The predicted molar refractivity (Wildman–Crippen MR) is 77.4 cm³/mol. The van der Waals surface area contributed by atoms with Crippen LogP contribution in [-0.4, -0.2) is 18.7 Å². The van der Waals surface area contributed by atoms with Crippen LogP contribution in [0.1, 0.15) is 26.2 Å². The molecule has 0 aliphatic carbocycles. The predicted octanol–water partition coefficient (Wildman–Crippen LogP) is 1.39. The quantitative estimate of drug-likeness (QED) is 0.629. The smallest absolute Gasteiger partial charge is 0.304 e. The number of unbranched alkanes of at least 4 members (excludes halogenated alkanes) is 2. The molecule has 2 heterocycles. The molecule has 0 unspecified atom stereocenters. The second-order valence-electron chi connectivity index (χ2n) is 4.62. The van der Waals surface area contributed by atoms with Gasteiger partial charge in [-0.1, -0.05) is 19.8 Å². The van der Waals surface area contributed by atoms with Gasteiger partial charge in [0.25, 0.3) is 5.56 Å². The first-order valence-electron chi connectivity index (χ1n) is 6.30. The van der Waals surface area contributed by atoms with Gasteiger partial charge >= 0.3 is 5.69 Å². The molecule has 0 atom stereocenters. The minimum Gasteiger partial charge on any atom is -0.304 e. The maximum atomic E-state index is 12.0. The van der Waals surface area contributed by atoms with Crippen molar-refractivity contribution < 1.29 is 0 Å². The maximum Gasteiger partial charge on any atom is 0.332 e. The van der Waals surface area contributed by atoms with Crippen molar-refractivity contribution in [3.8, 4) is 0 Å². The summed E-state index contributed by atoms with van der Waals surface area (Å²) in [5, 5.41) is 0. The van der Waals surface area contributed by atoms with Gasteiger partial charge in [-0.2, -0.15) is 0 Å². The lowest BCUT2D eigenvalue weighted by atomic mass is 10.2. The molecular weight excluding hydrogens is 312 g/mol. The van der Waals surface area contributed by atoms with E-state index in [0.717, 1.165) is 30.4 Å². The molecule has 0 bridgehead atoms. The fraction of sp³-hybridized carbons (Fsp3) is 0.583. The van der Waals surface area contributed by atoms with Crippen LogP contribution in [0.5, 0.6) is 0 Å². The topological polar surface area (TPSA) is 61.8 Å². The summed E-state index contributed by atoms with van der Waals surface area (Å²) in [6.45, 7) is 2.87. The fourth-order valence-electron chi connectivity index (χ4n) is 2.18. The van der Waals surface area contributed by atoms with E-state index in [4.69, 9.17) is 0 Å². The van der Waals surface area contributed by atoms with E-state index in [0.29, 0.717) is 15.9 Å². The number of aromatic nitrogens is 4. The number of imidazole rings is 1. The molecule has 0 amide bonds. The monoisotopic (exact) mass is 328 g/mol. The molecule has 2 aromatic rings. The maximum absolute atomic E-state index is 12.0. The van der Waals surface area contributed by atoms with E-state index in [2.05, 4.69) is 27.8 Å². The van der Waals surface area contributed by atoms with Crippen LogP contribution in [-0.2, 0) is 20.6 Å². The van der Waals surface area contributed by atoms with Crippen LogP contribution in [0.4, 0.5) is 0 Å². The van der Waals surface area contributed by atoms with E-state index in [1.807, 2.05) is 4.57 Å². The van der Waals surface area contributed by atoms with E-state index in [1.54, 1.807) is 7.05 Å². The first kappa shape index (κ1) is 14.0. The van der Waals surface area contributed by atoms with Gasteiger partial charge in [0.1, 0.15) is 0 Å². The number of hydrogen-bond acceptors (Lipinski definition) is 3. The van der Waals surface area contributed by atoms with Gasteiger partial charge in [-0.15, -0.1) is 0 Å². The molecule has 0 saturated carbocycles. The first-order chi connectivity index (χ1) is 8.99. The summed E-state index contributed by atoms with van der Waals surface area (Å²) in [6, 6.07) is 0. The second-order valence-corrected chi connectivity index (χ2v) is 5.33. The highest BCUT2D eigenvalue weighted by atomic mass is 79.9. The summed E-state index contributed by atoms with van der Waals surface area (Å²) in [7, 11) is 3.13. The average molecular weight is 329 g/mol. The average Bonchev–Trinajstić information content (AvgIpc) is 2.72. The van der Waals surface area contributed by atoms with Gasteiger partial charge in [0.2, 0.25) is 0 Å². The molecule has 104 valence electrons. The van der Waals surface area contributed by atoms with Crippen LogP contribution in [0.2, 0.25) is 0 Å². The molecule has 0 saturated heterocycles. The lowest BCUT2D eigenvalue weighted by Crippen LogP contribution is -2.37. The molecule has 2 aromatic heterocycles. The van der Waals surface area contributed by atoms with Gasteiger partial charge in [0.15, 0.2) is 15.9 Å². The van der Waals surface area contributed by atoms with Crippen molar-refractivity contribution >= 4 is 27.1 Å². The molecule has 0 aliphatic rings. The summed E-state index contributed by atoms with van der Waals surface area (Å²) in [5.41, 5.74) is 0.221. The summed E-state index contributed by atoms with van der Waals surface area (Å²) < 4.78 is 5.03. The van der Waals surface area contributed by atoms with Crippen molar-refractivity contribution in [3.63, 3.8) is 0 Å². The van der Waals surface area contributed by atoms with E-state index in [1.165, 1.54) is 11.6 Å². The van der Waals surface area contributed by atoms with Gasteiger partial charge in [0.05, 0.1) is 0 Å². The molecule has 7 heteroatoms. The summed E-state index contributed by atoms with van der Waals surface area (Å²) in [6.07, 6.45) is 3.21. The molecule has 6 nitrogen and oxygen atoms in total. The van der Waals surface area contributed by atoms with Crippen LogP contribution >= 0.6 is 15.9 Å². The van der Waals surface area contributed by atoms with Crippen LogP contribution in [0, 0.1) is 0 Å². The molecular formula is C12H17BrN4O2. The van der Waals surface area contributed by atoms with Crippen LogP contribution < -0.4 is 11.2 Å². The fourth-order valence-corrected chi connectivity index (χ4v) is 2.70. The van der Waals surface area contributed by atoms with Crippen molar-refractivity contribution in [3.05, 3.63) is 25.6 Å². The Balaban J connectivity index is 2.69. The third-order valence-electron chi connectivity index (χ3n) is 3.28. The number of nitrogens with zero attached hydrogens (tertiary/aromatic N) is 4. The Kier molecular flexibility index (Phi) is 3.93. The Labute approximate surface area is 118 Å². The molecule has 0 aromatic carbocycles. The lowest BCUT2D eigenvalue weighted by Gasteiger charge is -2.09. The second kappa shape index (κ2) is 5.32. The SMILES string of the molecule is CCCCCn1c(Br)nc2c(=O)n(C)c(=O)n(C)c21. The highest BCUT2D eigenvalue weighted by molar-refractivity contribution is 9.10. The van der Waals surface area contributed by atoms with Crippen LogP contribution in [0.25, 0.3) is 11.2 Å². The third-order valence-corrected chi connectivity index (χ3v) is 3.88. The molecule has 0 fully saturated rings. The first-order valence-corrected chi connectivity index (χ1v) is 7.10. The number of hydrogen-bond donors (Lipinski definition) is 0. The number of rotatable bonds is 4. The van der Waals surface area contributed by atoms with E-state index >= 15 is 0 Å². The van der Waals surface area contributed by atoms with E-state index in [-0.39, 0.29) is 11.2 Å². The van der Waals surface area contributed by atoms with Gasteiger partial charge < -0.3 is 4.57 Å². The third kappa shape index (κ3) is 2.27. The Morgan fingerprint density at radius 2 is 1.84 bits per heavy atom. The lowest BCUT2D eigenvalue weighted by molar-refractivity contribution is 0.590. The molecule has 0 aliphatic heterocycles. The summed E-state index contributed by atoms with van der Waals surface area (Å²) in [4.78, 5) is 28.3. The zero-order valence-corrected chi connectivity index (χ0v) is 12.9. The standard InChI is InChI=1S/C12H17BrN4O2/c1-4-5-6-7-17-9-8(14-11(17)13)10(18)16(3)12(19)15(9)2/h4-7H2,1-3H3. The minimum absolute atomic E-state index is 0.327. The van der Waals surface area contributed by atoms with Gasteiger partial charge in [-0.3, -0.25) is 13.9 Å². The van der Waals surface area contributed by atoms with E-state index < -0.39 is 0 Å². The molecule has 0 spiro atoms. The summed E-state index contributed by atoms with van der Waals surface area (Å²) in [5.74, 6) is 0. The van der Waals surface area contributed by atoms with Crippen LogP contribution in [0.15, 0.2) is 14.3 Å². The van der Waals surface area contributed by atoms with Gasteiger partial charge in [-0.25, -0.2) is 9.78 Å². The van der Waals surface area contributed by atoms with Crippen LogP contribution in [0.3, 0.4) is 0 Å². The van der Waals surface area contributed by atoms with Gasteiger partial charge in [-0.05, 0) is 22.4 Å². The number of fused-ring (bicyclic) bond motifs is 1. The Hall–Kier alpha value is -1.37. The zero-order chi connectivity index (χ0) is 14.2. The molecule has 19 heavy (non-hydrogen) atoms. The van der Waals surface area contributed by atoms with Crippen molar-refractivity contribution in [2.75, 3.05) is 0 Å². The van der Waals surface area contributed by atoms with Crippen molar-refractivity contribution in [2.45, 2.75) is 32.7 Å². The number of aryl methyl sites for hydroxylation is 2.